The molecule has 144 valence electrons. The monoisotopic (exact) mass is 363 g/mol. The van der Waals surface area contributed by atoms with Crippen LogP contribution < -0.4 is 0 Å². The van der Waals surface area contributed by atoms with Crippen LogP contribution >= 0.6 is 0 Å². The number of allylic oxidation sites excluding steroid dienone is 3. The number of hydrogen-bond acceptors (Lipinski definition) is 2. The first-order valence-electron chi connectivity index (χ1n) is 10.9. The van der Waals surface area contributed by atoms with Crippen molar-refractivity contribution in [2.24, 2.45) is 34.5 Å². The summed E-state index contributed by atoms with van der Waals surface area (Å²) in [5.74, 6) is 2.92. The minimum Gasteiger partial charge on any atom is -0.393 e. The smallest absolute Gasteiger partial charge is 0.0577 e. The fourth-order valence-electron chi connectivity index (χ4n) is 7.55. The average Bonchev–Trinajstić information content (AvgIpc) is 3.01. The van der Waals surface area contributed by atoms with Crippen molar-refractivity contribution < 1.29 is 5.11 Å². The predicted octanol–water partition coefficient (Wildman–Crippen LogP) is 5.64. The minimum atomic E-state index is -0.117. The molecular weight excluding hydrogens is 330 g/mol. The van der Waals surface area contributed by atoms with E-state index in [0.29, 0.717) is 16.7 Å². The summed E-state index contributed by atoms with van der Waals surface area (Å²) in [5, 5.41) is 10.2. The summed E-state index contributed by atoms with van der Waals surface area (Å²) >= 11 is 0. The second-order valence-corrected chi connectivity index (χ2v) is 10.2. The number of nitrogens with zero attached hydrogens (tertiary/aromatic N) is 1. The van der Waals surface area contributed by atoms with Gasteiger partial charge in [-0.05, 0) is 96.3 Å². The Hall–Kier alpha value is -1.41. The highest BCUT2D eigenvalue weighted by Gasteiger charge is 2.58. The third kappa shape index (κ3) is 2.45. The van der Waals surface area contributed by atoms with Gasteiger partial charge in [-0.25, -0.2) is 0 Å². The molecule has 7 atom stereocenters. The van der Waals surface area contributed by atoms with E-state index in [0.717, 1.165) is 30.6 Å². The molecule has 2 nitrogen and oxygen atoms in total. The molecule has 0 aliphatic heterocycles. The first-order valence-corrected chi connectivity index (χ1v) is 10.9. The van der Waals surface area contributed by atoms with Crippen molar-refractivity contribution in [3.8, 4) is 0 Å². The number of aliphatic hydroxyl groups is 1. The molecule has 0 saturated heterocycles. The van der Waals surface area contributed by atoms with Crippen LogP contribution in [-0.4, -0.2) is 16.2 Å². The minimum absolute atomic E-state index is 0.117. The number of hydrogen-bond donors (Lipinski definition) is 1. The maximum atomic E-state index is 10.2. The van der Waals surface area contributed by atoms with Gasteiger partial charge in [0.1, 0.15) is 0 Å². The average molecular weight is 364 g/mol. The van der Waals surface area contributed by atoms with Gasteiger partial charge in [0.2, 0.25) is 0 Å². The van der Waals surface area contributed by atoms with Gasteiger partial charge in [-0.2, -0.15) is 0 Å². The Morgan fingerprint density at radius 1 is 1.04 bits per heavy atom. The maximum Gasteiger partial charge on any atom is 0.0577 e. The Balaban J connectivity index is 1.52. The summed E-state index contributed by atoms with van der Waals surface area (Å²) in [6.45, 7) is 7.50. The first-order chi connectivity index (χ1) is 12.9. The third-order valence-corrected chi connectivity index (χ3v) is 8.98. The number of aromatic nitrogens is 1. The maximum absolute atomic E-state index is 10.2. The summed E-state index contributed by atoms with van der Waals surface area (Å²) in [7, 11) is 0. The largest absolute Gasteiger partial charge is 0.393 e. The van der Waals surface area contributed by atoms with Crippen molar-refractivity contribution in [1.29, 1.82) is 0 Å². The SMILES string of the molecule is C[C@@H]1C=C2C[C@@H](O)CC[C@]2(C)[C@H]2CC[C@]3(C)C(c4ccncc4)=CC[C@H]3[C@H]12. The van der Waals surface area contributed by atoms with Crippen LogP contribution in [0, 0.1) is 34.5 Å². The molecule has 4 aliphatic rings. The molecule has 5 rings (SSSR count). The third-order valence-electron chi connectivity index (χ3n) is 8.98. The summed E-state index contributed by atoms with van der Waals surface area (Å²) < 4.78 is 0. The van der Waals surface area contributed by atoms with Gasteiger partial charge in [-0.3, -0.25) is 4.98 Å². The van der Waals surface area contributed by atoms with Crippen molar-refractivity contribution in [3.63, 3.8) is 0 Å². The molecule has 0 spiro atoms. The van der Waals surface area contributed by atoms with Gasteiger partial charge < -0.3 is 5.11 Å². The van der Waals surface area contributed by atoms with Crippen LogP contribution in [0.5, 0.6) is 0 Å². The van der Waals surface area contributed by atoms with Crippen molar-refractivity contribution >= 4 is 5.57 Å². The lowest BCUT2D eigenvalue weighted by atomic mass is 9.45. The Morgan fingerprint density at radius 3 is 2.56 bits per heavy atom. The number of aliphatic hydroxyl groups excluding tert-OH is 1. The fourth-order valence-corrected chi connectivity index (χ4v) is 7.55. The second-order valence-electron chi connectivity index (χ2n) is 10.2. The van der Waals surface area contributed by atoms with Crippen molar-refractivity contribution in [2.75, 3.05) is 0 Å². The molecule has 1 N–H and O–H groups in total. The lowest BCUT2D eigenvalue weighted by Crippen LogP contribution is -2.52. The van der Waals surface area contributed by atoms with E-state index in [9.17, 15) is 5.11 Å². The molecule has 0 unspecified atom stereocenters. The molecule has 0 amide bonds. The van der Waals surface area contributed by atoms with Crippen LogP contribution in [-0.2, 0) is 0 Å². The topological polar surface area (TPSA) is 33.1 Å². The van der Waals surface area contributed by atoms with Crippen LogP contribution in [0.3, 0.4) is 0 Å². The van der Waals surface area contributed by atoms with E-state index in [4.69, 9.17) is 0 Å². The molecule has 1 aromatic rings. The van der Waals surface area contributed by atoms with E-state index in [2.05, 4.69) is 50.0 Å². The van der Waals surface area contributed by atoms with Gasteiger partial charge in [0.15, 0.2) is 0 Å². The van der Waals surface area contributed by atoms with Gasteiger partial charge in [-0.15, -0.1) is 0 Å². The van der Waals surface area contributed by atoms with Crippen LogP contribution in [0.25, 0.3) is 5.57 Å². The van der Waals surface area contributed by atoms with Crippen molar-refractivity contribution in [1.82, 2.24) is 4.98 Å². The lowest BCUT2D eigenvalue weighted by Gasteiger charge is -2.59. The quantitative estimate of drug-likeness (QED) is 0.655. The van der Waals surface area contributed by atoms with E-state index >= 15 is 0 Å². The lowest BCUT2D eigenvalue weighted by molar-refractivity contribution is -0.0425. The molecular formula is C25H33NO. The zero-order valence-corrected chi connectivity index (χ0v) is 17.0. The zero-order valence-electron chi connectivity index (χ0n) is 17.0. The first kappa shape index (κ1) is 17.7. The predicted molar refractivity (Wildman–Crippen MR) is 110 cm³/mol. The van der Waals surface area contributed by atoms with E-state index in [1.807, 2.05) is 12.4 Å². The Labute approximate surface area is 163 Å². The molecule has 27 heavy (non-hydrogen) atoms. The van der Waals surface area contributed by atoms with Gasteiger partial charge in [-0.1, -0.05) is 38.5 Å². The molecule has 4 aliphatic carbocycles. The molecule has 1 aromatic heterocycles. The molecule has 0 radical (unpaired) electrons. The number of fused-ring (bicyclic) bond motifs is 5. The molecule has 2 fully saturated rings. The fraction of sp³-hybridized carbons (Fsp3) is 0.640. The highest BCUT2D eigenvalue weighted by molar-refractivity contribution is 5.72. The van der Waals surface area contributed by atoms with Gasteiger partial charge >= 0.3 is 0 Å². The molecule has 2 heteroatoms. The molecule has 0 bridgehead atoms. The van der Waals surface area contributed by atoms with E-state index < -0.39 is 0 Å². The molecule has 2 saturated carbocycles. The zero-order chi connectivity index (χ0) is 18.8. The molecule has 0 aromatic carbocycles. The summed E-state index contributed by atoms with van der Waals surface area (Å²) in [6.07, 6.45) is 15.8. The van der Waals surface area contributed by atoms with Crippen molar-refractivity contribution in [2.45, 2.75) is 65.4 Å². The number of rotatable bonds is 1. The van der Waals surface area contributed by atoms with E-state index in [1.54, 1.807) is 11.1 Å². The summed E-state index contributed by atoms with van der Waals surface area (Å²) in [4.78, 5) is 4.23. The normalized spacial score (nSPS) is 46.0. The van der Waals surface area contributed by atoms with Gasteiger partial charge in [0.05, 0.1) is 6.10 Å². The van der Waals surface area contributed by atoms with E-state index in [1.165, 1.54) is 31.2 Å². The van der Waals surface area contributed by atoms with Crippen LogP contribution in [0.4, 0.5) is 0 Å². The second kappa shape index (κ2) is 6.04. The number of pyridine rings is 1. The Bertz CT molecular complexity index is 796. The van der Waals surface area contributed by atoms with Crippen LogP contribution in [0.15, 0.2) is 42.3 Å². The van der Waals surface area contributed by atoms with E-state index in [-0.39, 0.29) is 6.10 Å². The van der Waals surface area contributed by atoms with Crippen LogP contribution in [0.2, 0.25) is 0 Å². The van der Waals surface area contributed by atoms with Crippen molar-refractivity contribution in [3.05, 3.63) is 47.8 Å². The van der Waals surface area contributed by atoms with Gasteiger partial charge in [0.25, 0.3) is 0 Å². The Morgan fingerprint density at radius 2 is 1.78 bits per heavy atom. The highest BCUT2D eigenvalue weighted by Crippen LogP contribution is 2.67. The van der Waals surface area contributed by atoms with Gasteiger partial charge in [0, 0.05) is 12.4 Å². The Kier molecular flexibility index (Phi) is 3.95. The molecule has 1 heterocycles. The highest BCUT2D eigenvalue weighted by atomic mass is 16.3. The van der Waals surface area contributed by atoms with Crippen LogP contribution in [0.1, 0.15) is 64.9 Å². The summed E-state index contributed by atoms with van der Waals surface area (Å²) in [6, 6.07) is 4.38. The standard InChI is InChI=1S/C25H33NO/c1-16-14-18-15-19(27)6-10-24(18,2)22-7-11-25(3)20(4-5-21(25)23(16)22)17-8-12-26-13-9-17/h4,8-9,12-14,16,19,21-23,27H,5-7,10-11,15H2,1-3H3/t16-,19+,21+,22+,23+,24+,25-/m1/s1. The summed E-state index contributed by atoms with van der Waals surface area (Å²) in [5.41, 5.74) is 5.13.